The van der Waals surface area contributed by atoms with Crippen molar-refractivity contribution < 1.29 is 14.7 Å². The molecule has 0 spiro atoms. The Morgan fingerprint density at radius 1 is 1.30 bits per heavy atom. The molecule has 0 atom stereocenters. The first-order valence-electron chi connectivity index (χ1n) is 6.20. The summed E-state index contributed by atoms with van der Waals surface area (Å²) in [5, 5.41) is 12.5. The second kappa shape index (κ2) is 4.63. The third-order valence-corrected chi connectivity index (χ3v) is 3.02. The average Bonchev–Trinajstić information content (AvgIpc) is 2.65. The van der Waals surface area contributed by atoms with Gasteiger partial charge in [0, 0.05) is 17.8 Å². The summed E-state index contributed by atoms with van der Waals surface area (Å²) in [6.07, 6.45) is 1.53. The first kappa shape index (κ1) is 14.0. The van der Waals surface area contributed by atoms with Crippen LogP contribution in [-0.4, -0.2) is 26.5 Å². The molecule has 0 aromatic carbocycles. The van der Waals surface area contributed by atoms with Crippen LogP contribution in [0.5, 0.6) is 0 Å². The van der Waals surface area contributed by atoms with E-state index in [4.69, 9.17) is 5.11 Å². The highest BCUT2D eigenvalue weighted by molar-refractivity contribution is 5.97. The van der Waals surface area contributed by atoms with Crippen molar-refractivity contribution in [1.82, 2.24) is 9.55 Å². The van der Waals surface area contributed by atoms with Crippen molar-refractivity contribution in [2.24, 2.45) is 12.5 Å². The van der Waals surface area contributed by atoms with E-state index in [0.717, 1.165) is 0 Å². The third-order valence-electron chi connectivity index (χ3n) is 3.02. The maximum absolute atomic E-state index is 11.9. The van der Waals surface area contributed by atoms with Gasteiger partial charge in [0.05, 0.1) is 11.9 Å². The average molecular weight is 275 g/mol. The molecule has 2 N–H and O–H groups in total. The number of carboxylic acids is 1. The molecule has 0 unspecified atom stereocenters. The molecule has 1 amide bonds. The summed E-state index contributed by atoms with van der Waals surface area (Å²) in [5.74, 6) is -1.13. The zero-order valence-corrected chi connectivity index (χ0v) is 11.9. The number of aryl methyl sites for hydroxylation is 1. The SMILES string of the molecule is Cn1c(C(=O)O)cc2cc(NC(=O)C(C)(C)C)cnc21. The summed E-state index contributed by atoms with van der Waals surface area (Å²) in [6.45, 7) is 5.46. The standard InChI is InChI=1S/C14H17N3O3/c1-14(2,3)13(20)16-9-5-8-6-10(12(18)19)17(4)11(8)15-7-9/h5-7H,1-4H3,(H,16,20)(H,18,19). The van der Waals surface area contributed by atoms with E-state index in [2.05, 4.69) is 10.3 Å². The van der Waals surface area contributed by atoms with Crippen molar-refractivity contribution in [3.05, 3.63) is 24.0 Å². The molecule has 2 heterocycles. The highest BCUT2D eigenvalue weighted by atomic mass is 16.4. The molecule has 0 aliphatic carbocycles. The normalized spacial score (nSPS) is 11.6. The number of nitrogens with one attached hydrogen (secondary N) is 1. The number of anilines is 1. The molecule has 0 bridgehead atoms. The van der Waals surface area contributed by atoms with E-state index in [1.54, 1.807) is 13.1 Å². The molecule has 0 aliphatic heterocycles. The van der Waals surface area contributed by atoms with Gasteiger partial charge in [-0.3, -0.25) is 4.79 Å². The van der Waals surface area contributed by atoms with Crippen LogP contribution in [0.3, 0.4) is 0 Å². The molecule has 2 rings (SSSR count). The predicted molar refractivity (Wildman–Crippen MR) is 75.8 cm³/mol. The molecule has 2 aromatic rings. The van der Waals surface area contributed by atoms with E-state index in [1.807, 2.05) is 20.8 Å². The fraction of sp³-hybridized carbons (Fsp3) is 0.357. The Labute approximate surface area is 116 Å². The number of rotatable bonds is 2. The molecule has 0 aliphatic rings. The Bertz CT molecular complexity index is 695. The van der Waals surface area contributed by atoms with Crippen molar-refractivity contribution in [1.29, 1.82) is 0 Å². The number of carbonyl (C=O) groups is 2. The van der Waals surface area contributed by atoms with Gasteiger partial charge < -0.3 is 15.0 Å². The molecule has 0 radical (unpaired) electrons. The summed E-state index contributed by atoms with van der Waals surface area (Å²) in [7, 11) is 1.65. The van der Waals surface area contributed by atoms with E-state index in [1.165, 1.54) is 16.8 Å². The van der Waals surface area contributed by atoms with Crippen LogP contribution in [0.4, 0.5) is 5.69 Å². The smallest absolute Gasteiger partial charge is 0.352 e. The zero-order chi connectivity index (χ0) is 15.1. The van der Waals surface area contributed by atoms with E-state index in [-0.39, 0.29) is 11.6 Å². The maximum atomic E-state index is 11.9. The molecular weight excluding hydrogens is 258 g/mol. The van der Waals surface area contributed by atoms with Gasteiger partial charge in [-0.2, -0.15) is 0 Å². The van der Waals surface area contributed by atoms with Crippen LogP contribution in [0.15, 0.2) is 18.3 Å². The molecule has 6 heteroatoms. The summed E-state index contributed by atoms with van der Waals surface area (Å²) in [4.78, 5) is 27.2. The Morgan fingerprint density at radius 2 is 1.95 bits per heavy atom. The number of pyridine rings is 1. The van der Waals surface area contributed by atoms with Crippen molar-refractivity contribution in [3.8, 4) is 0 Å². The van der Waals surface area contributed by atoms with Crippen molar-refractivity contribution in [2.45, 2.75) is 20.8 Å². The largest absolute Gasteiger partial charge is 0.477 e. The van der Waals surface area contributed by atoms with Gasteiger partial charge in [-0.1, -0.05) is 20.8 Å². The minimum Gasteiger partial charge on any atom is -0.477 e. The molecule has 2 aromatic heterocycles. The Hall–Kier alpha value is -2.37. The number of aromatic nitrogens is 2. The molecule has 20 heavy (non-hydrogen) atoms. The highest BCUT2D eigenvalue weighted by Crippen LogP contribution is 2.22. The van der Waals surface area contributed by atoms with Crippen molar-refractivity contribution in [3.63, 3.8) is 0 Å². The van der Waals surface area contributed by atoms with Gasteiger partial charge in [0.15, 0.2) is 0 Å². The lowest BCUT2D eigenvalue weighted by atomic mass is 9.95. The summed E-state index contributed by atoms with van der Waals surface area (Å²) in [5.41, 5.74) is 0.778. The second-order valence-corrected chi connectivity index (χ2v) is 5.73. The minimum absolute atomic E-state index is 0.118. The Balaban J connectivity index is 2.40. The summed E-state index contributed by atoms with van der Waals surface area (Å²) < 4.78 is 1.51. The monoisotopic (exact) mass is 275 g/mol. The van der Waals surface area contributed by atoms with E-state index >= 15 is 0 Å². The number of hydrogen-bond donors (Lipinski definition) is 2. The summed E-state index contributed by atoms with van der Waals surface area (Å²) >= 11 is 0. The first-order valence-corrected chi connectivity index (χ1v) is 6.20. The van der Waals surface area contributed by atoms with Crippen LogP contribution in [0.1, 0.15) is 31.3 Å². The van der Waals surface area contributed by atoms with Gasteiger partial charge in [-0.25, -0.2) is 9.78 Å². The number of amides is 1. The van der Waals surface area contributed by atoms with Crippen LogP contribution in [-0.2, 0) is 11.8 Å². The highest BCUT2D eigenvalue weighted by Gasteiger charge is 2.21. The molecule has 0 saturated heterocycles. The van der Waals surface area contributed by atoms with Gasteiger partial charge in [0.25, 0.3) is 0 Å². The fourth-order valence-corrected chi connectivity index (χ4v) is 1.81. The first-order chi connectivity index (χ1) is 9.20. The third kappa shape index (κ3) is 2.49. The Kier molecular flexibility index (Phi) is 3.25. The second-order valence-electron chi connectivity index (χ2n) is 5.73. The van der Waals surface area contributed by atoms with E-state index in [0.29, 0.717) is 16.7 Å². The predicted octanol–water partition coefficient (Wildman–Crippen LogP) is 2.26. The number of fused-ring (bicyclic) bond motifs is 1. The van der Waals surface area contributed by atoms with Gasteiger partial charge >= 0.3 is 5.97 Å². The number of hydrogen-bond acceptors (Lipinski definition) is 3. The Morgan fingerprint density at radius 3 is 2.50 bits per heavy atom. The van der Waals surface area contributed by atoms with Gasteiger partial charge in [-0.05, 0) is 12.1 Å². The van der Waals surface area contributed by atoms with Gasteiger partial charge in [-0.15, -0.1) is 0 Å². The fourth-order valence-electron chi connectivity index (χ4n) is 1.81. The lowest BCUT2D eigenvalue weighted by Crippen LogP contribution is -2.27. The lowest BCUT2D eigenvalue weighted by Gasteiger charge is -2.17. The van der Waals surface area contributed by atoms with Crippen LogP contribution < -0.4 is 5.32 Å². The minimum atomic E-state index is -1.01. The molecule has 0 saturated carbocycles. The van der Waals surface area contributed by atoms with Gasteiger partial charge in [0.1, 0.15) is 11.3 Å². The number of carboxylic acid groups (broad SMARTS) is 1. The maximum Gasteiger partial charge on any atom is 0.352 e. The van der Waals surface area contributed by atoms with Crippen LogP contribution in [0.2, 0.25) is 0 Å². The topological polar surface area (TPSA) is 84.2 Å². The van der Waals surface area contributed by atoms with E-state index < -0.39 is 11.4 Å². The van der Waals surface area contributed by atoms with E-state index in [9.17, 15) is 9.59 Å². The van der Waals surface area contributed by atoms with Gasteiger partial charge in [0.2, 0.25) is 5.91 Å². The van der Waals surface area contributed by atoms with Crippen LogP contribution in [0.25, 0.3) is 11.0 Å². The van der Waals surface area contributed by atoms with Crippen LogP contribution >= 0.6 is 0 Å². The molecule has 106 valence electrons. The number of aromatic carboxylic acids is 1. The lowest BCUT2D eigenvalue weighted by molar-refractivity contribution is -0.123. The number of carbonyl (C=O) groups excluding carboxylic acids is 1. The molecule has 0 fully saturated rings. The van der Waals surface area contributed by atoms with Crippen molar-refractivity contribution >= 4 is 28.6 Å². The quantitative estimate of drug-likeness (QED) is 0.880. The van der Waals surface area contributed by atoms with Crippen LogP contribution in [0, 0.1) is 5.41 Å². The summed E-state index contributed by atoms with van der Waals surface area (Å²) in [6, 6.07) is 3.26. The molecular formula is C14H17N3O3. The van der Waals surface area contributed by atoms with Crippen molar-refractivity contribution in [2.75, 3.05) is 5.32 Å². The zero-order valence-electron chi connectivity index (χ0n) is 11.9. The number of nitrogens with zero attached hydrogens (tertiary/aromatic N) is 2. The molecule has 6 nitrogen and oxygen atoms in total.